The molecule has 1 unspecified atom stereocenters. The monoisotopic (exact) mass is 411 g/mol. The van der Waals surface area contributed by atoms with Crippen LogP contribution in [0.4, 0.5) is 5.69 Å². The molecule has 0 radical (unpaired) electrons. The fourth-order valence-corrected chi connectivity index (χ4v) is 5.51. The Balaban J connectivity index is 1.35. The fourth-order valence-electron chi connectivity index (χ4n) is 4.25. The molecule has 0 aromatic heterocycles. The van der Waals surface area contributed by atoms with Crippen molar-refractivity contribution in [1.82, 2.24) is 9.21 Å². The Bertz CT molecular complexity index is 908. The van der Waals surface area contributed by atoms with Crippen LogP contribution in [0.15, 0.2) is 66.1 Å². The van der Waals surface area contributed by atoms with Crippen LogP contribution in [0.3, 0.4) is 0 Å². The summed E-state index contributed by atoms with van der Waals surface area (Å²) in [6, 6.07) is 20.4. The van der Waals surface area contributed by atoms with E-state index >= 15 is 0 Å². The lowest BCUT2D eigenvalue weighted by atomic mass is 10.0. The van der Waals surface area contributed by atoms with Crippen molar-refractivity contribution < 1.29 is 8.42 Å². The van der Waals surface area contributed by atoms with Crippen LogP contribution in [0.5, 0.6) is 0 Å². The van der Waals surface area contributed by atoms with Crippen LogP contribution >= 0.6 is 0 Å². The molecule has 2 aliphatic rings. The Morgan fingerprint density at radius 3 is 2.17 bits per heavy atom. The largest absolute Gasteiger partial charge is 0.369 e. The number of sulfonamides is 1. The van der Waals surface area contributed by atoms with E-state index in [4.69, 9.17) is 0 Å². The Morgan fingerprint density at radius 1 is 0.828 bits per heavy atom. The number of rotatable bonds is 5. The summed E-state index contributed by atoms with van der Waals surface area (Å²) in [7, 11) is -3.39. The first-order valence-corrected chi connectivity index (χ1v) is 11.9. The van der Waals surface area contributed by atoms with Crippen molar-refractivity contribution in [2.24, 2.45) is 0 Å². The Morgan fingerprint density at radius 2 is 1.48 bits per heavy atom. The second-order valence-electron chi connectivity index (χ2n) is 7.77. The highest BCUT2D eigenvalue weighted by Gasteiger charge is 2.32. The van der Waals surface area contributed by atoms with Gasteiger partial charge in [-0.25, -0.2) is 8.42 Å². The molecule has 0 bridgehead atoms. The highest BCUT2D eigenvalue weighted by Crippen LogP contribution is 2.23. The summed E-state index contributed by atoms with van der Waals surface area (Å²) in [5, 5.41) is 1.36. The average Bonchev–Trinajstić information content (AvgIpc) is 2.79. The van der Waals surface area contributed by atoms with Gasteiger partial charge in [0.05, 0.1) is 0 Å². The standard InChI is InChI=1S/C23H29N3O2S/c27-29(28,19-13-21-8-3-1-4-9-21)26-14-7-12-23(20-26)25-17-15-24(16-18-25)22-10-5-2-6-11-22/h1-6,8-11,13,19,23H,7,12,14-18,20H2. The molecule has 4 rings (SSSR count). The third kappa shape index (κ3) is 5.07. The molecule has 2 heterocycles. The molecule has 1 atom stereocenters. The normalized spacial score (nSPS) is 22.2. The van der Waals surface area contributed by atoms with Gasteiger partial charge in [-0.15, -0.1) is 0 Å². The third-order valence-corrected chi connectivity index (χ3v) is 7.43. The van der Waals surface area contributed by atoms with E-state index in [1.807, 2.05) is 36.4 Å². The minimum absolute atomic E-state index is 0.307. The first-order valence-electron chi connectivity index (χ1n) is 10.4. The molecule has 2 fully saturated rings. The number of nitrogens with zero attached hydrogens (tertiary/aromatic N) is 3. The van der Waals surface area contributed by atoms with Crippen LogP contribution in [-0.4, -0.2) is 62.9 Å². The van der Waals surface area contributed by atoms with E-state index in [9.17, 15) is 8.42 Å². The molecule has 0 spiro atoms. The van der Waals surface area contributed by atoms with E-state index < -0.39 is 10.0 Å². The molecule has 0 N–H and O–H groups in total. The van der Waals surface area contributed by atoms with Crippen molar-refractivity contribution in [3.8, 4) is 0 Å². The van der Waals surface area contributed by atoms with Gasteiger partial charge in [0, 0.05) is 56.4 Å². The van der Waals surface area contributed by atoms with Crippen LogP contribution < -0.4 is 4.90 Å². The van der Waals surface area contributed by atoms with Gasteiger partial charge in [0.1, 0.15) is 0 Å². The smallest absolute Gasteiger partial charge is 0.236 e. The van der Waals surface area contributed by atoms with Crippen molar-refractivity contribution in [1.29, 1.82) is 0 Å². The van der Waals surface area contributed by atoms with Crippen LogP contribution in [0, 0.1) is 0 Å². The zero-order valence-electron chi connectivity index (χ0n) is 16.7. The lowest BCUT2D eigenvalue weighted by Crippen LogP contribution is -2.55. The quantitative estimate of drug-likeness (QED) is 0.757. The van der Waals surface area contributed by atoms with Crippen molar-refractivity contribution in [3.05, 3.63) is 71.6 Å². The summed E-state index contributed by atoms with van der Waals surface area (Å²) in [6.45, 7) is 5.14. The topological polar surface area (TPSA) is 43.9 Å². The van der Waals surface area contributed by atoms with Crippen LogP contribution in [0.2, 0.25) is 0 Å². The van der Waals surface area contributed by atoms with E-state index in [1.165, 1.54) is 11.1 Å². The third-order valence-electron chi connectivity index (χ3n) is 5.90. The van der Waals surface area contributed by atoms with Gasteiger partial charge < -0.3 is 4.90 Å². The molecule has 0 aliphatic carbocycles. The summed E-state index contributed by atoms with van der Waals surface area (Å²) >= 11 is 0. The molecule has 2 saturated heterocycles. The second kappa shape index (κ2) is 9.11. The zero-order valence-corrected chi connectivity index (χ0v) is 17.5. The first kappa shape index (κ1) is 20.1. The number of anilines is 1. The maximum absolute atomic E-state index is 12.8. The van der Waals surface area contributed by atoms with Gasteiger partial charge in [0.15, 0.2) is 0 Å². The van der Waals surface area contributed by atoms with Crippen LogP contribution in [0.25, 0.3) is 6.08 Å². The predicted molar refractivity (Wildman–Crippen MR) is 119 cm³/mol. The van der Waals surface area contributed by atoms with Crippen molar-refractivity contribution in [2.75, 3.05) is 44.2 Å². The number of benzene rings is 2. The minimum atomic E-state index is -3.39. The summed E-state index contributed by atoms with van der Waals surface area (Å²) in [5.41, 5.74) is 2.17. The Hall–Kier alpha value is -2.15. The highest BCUT2D eigenvalue weighted by molar-refractivity contribution is 7.92. The van der Waals surface area contributed by atoms with Gasteiger partial charge >= 0.3 is 0 Å². The fraction of sp³-hybridized carbons (Fsp3) is 0.391. The maximum Gasteiger partial charge on any atom is 0.236 e. The Labute approximate surface area is 174 Å². The minimum Gasteiger partial charge on any atom is -0.369 e. The molecule has 2 aromatic carbocycles. The van der Waals surface area contributed by atoms with Gasteiger partial charge in [0.25, 0.3) is 0 Å². The van der Waals surface area contributed by atoms with Gasteiger partial charge in [-0.2, -0.15) is 4.31 Å². The van der Waals surface area contributed by atoms with E-state index in [0.717, 1.165) is 44.6 Å². The number of hydrogen-bond acceptors (Lipinski definition) is 4. The SMILES string of the molecule is O=S(=O)(C=Cc1ccccc1)N1CCCC(N2CCN(c3ccccc3)CC2)C1. The molecule has 5 nitrogen and oxygen atoms in total. The van der Waals surface area contributed by atoms with Crippen LogP contribution in [-0.2, 0) is 10.0 Å². The van der Waals surface area contributed by atoms with Crippen LogP contribution in [0.1, 0.15) is 18.4 Å². The highest BCUT2D eigenvalue weighted by atomic mass is 32.2. The lowest BCUT2D eigenvalue weighted by molar-refractivity contribution is 0.129. The van der Waals surface area contributed by atoms with E-state index in [2.05, 4.69) is 34.1 Å². The molecule has 0 amide bonds. The summed E-state index contributed by atoms with van der Waals surface area (Å²) < 4.78 is 27.3. The number of para-hydroxylation sites is 1. The predicted octanol–water partition coefficient (Wildman–Crippen LogP) is 3.27. The van der Waals surface area contributed by atoms with E-state index in [0.29, 0.717) is 19.1 Å². The van der Waals surface area contributed by atoms with Gasteiger partial charge in [-0.1, -0.05) is 48.5 Å². The van der Waals surface area contributed by atoms with Crippen molar-refractivity contribution in [2.45, 2.75) is 18.9 Å². The molecule has 2 aliphatic heterocycles. The number of piperidine rings is 1. The molecular weight excluding hydrogens is 382 g/mol. The number of hydrogen-bond donors (Lipinski definition) is 0. The molecule has 2 aromatic rings. The van der Waals surface area contributed by atoms with Gasteiger partial charge in [0.2, 0.25) is 10.0 Å². The molecule has 0 saturated carbocycles. The average molecular weight is 412 g/mol. The first-order chi connectivity index (χ1) is 14.1. The Kier molecular flexibility index (Phi) is 6.33. The second-order valence-corrected chi connectivity index (χ2v) is 9.59. The van der Waals surface area contributed by atoms with Crippen molar-refractivity contribution in [3.63, 3.8) is 0 Å². The molecule has 29 heavy (non-hydrogen) atoms. The summed E-state index contributed by atoms with van der Waals surface area (Å²) in [6.07, 6.45) is 3.68. The molecular formula is C23H29N3O2S. The number of piperazine rings is 1. The molecule has 6 heteroatoms. The van der Waals surface area contributed by atoms with Crippen molar-refractivity contribution >= 4 is 21.8 Å². The lowest BCUT2D eigenvalue weighted by Gasteiger charge is -2.43. The van der Waals surface area contributed by atoms with E-state index in [1.54, 1.807) is 10.4 Å². The van der Waals surface area contributed by atoms with E-state index in [-0.39, 0.29) is 0 Å². The molecule has 154 valence electrons. The van der Waals surface area contributed by atoms with Gasteiger partial charge in [-0.3, -0.25) is 4.90 Å². The summed E-state index contributed by atoms with van der Waals surface area (Å²) in [4.78, 5) is 4.89. The maximum atomic E-state index is 12.8. The summed E-state index contributed by atoms with van der Waals surface area (Å²) in [5.74, 6) is 0. The zero-order chi connectivity index (χ0) is 20.1. The van der Waals surface area contributed by atoms with Gasteiger partial charge in [-0.05, 0) is 36.6 Å².